The number of carbonyl (C=O) groups excluding carboxylic acids is 14. The van der Waals surface area contributed by atoms with Gasteiger partial charge in [0.05, 0.1) is 63.7 Å². The minimum atomic E-state index is -3.30. The summed E-state index contributed by atoms with van der Waals surface area (Å²) in [5.74, 6) is -24.2. The molecule has 0 aromatic heterocycles. The monoisotopic (exact) mass is 1870 g/mol. The first-order chi connectivity index (χ1) is 61.0. The minimum absolute atomic E-state index is 0.00270. The van der Waals surface area contributed by atoms with E-state index < -0.39 is 329 Å². The van der Waals surface area contributed by atoms with Crippen molar-refractivity contribution in [2.75, 3.05) is 59.2 Å². The Kier molecular flexibility index (Phi) is 41.0. The SMILES string of the molecule is CC(=O)NCC(=O)N[C@H](C(=O)N[C@H](C(=O)N[C@@H](CO)C(=O)N[C@@H](C)C(=O)N1CCC[C@H]1C(=O)N[C@@H](CC(=O)O)C(=O)N[C@H](C(=O)N[C@@H](CCCN=C(N)N)C(=O)N1CCC[C@H]1C(=O)N[C@@H](C)C(=O)N1CCC[C@H]1C(=O)O)[C@@H](C)O)[C@@H](C)O[C@H]1O[C@H](CO)[C@H](O)[C@H](O[C@@H]2O[C@H](CO)[C@H](O)[C@H](O[C@]3(C(=O)O)C[C@H](O)[C@@H](NC(C)=O)[C@H]([C@H](O)[C@H](O)CO)O3)[C@H]2O)[C@H]1NC(C)=O)C(C)C. The lowest BCUT2D eigenvalue weighted by Crippen LogP contribution is -2.71. The number of rotatable bonds is 45. The van der Waals surface area contributed by atoms with Crippen molar-refractivity contribution in [2.24, 2.45) is 22.4 Å². The lowest BCUT2D eigenvalue weighted by molar-refractivity contribution is -0.382. The number of carboxylic acid groups (broad SMARTS) is 3. The van der Waals surface area contributed by atoms with Gasteiger partial charge in [0, 0.05) is 53.4 Å². The molecule has 6 aliphatic heterocycles. The maximum atomic E-state index is 15.0. The molecule has 6 saturated heterocycles. The van der Waals surface area contributed by atoms with Crippen molar-refractivity contribution in [1.82, 2.24) is 73.2 Å². The van der Waals surface area contributed by atoms with Gasteiger partial charge in [0.15, 0.2) is 18.5 Å². The number of guanidine groups is 1. The van der Waals surface area contributed by atoms with Gasteiger partial charge in [-0.25, -0.2) is 9.59 Å². The number of aliphatic imine (C=N–C) groups is 1. The van der Waals surface area contributed by atoms with Crippen LogP contribution < -0.4 is 70.0 Å². The number of hydrogen-bond acceptors (Lipinski definition) is 35. The van der Waals surface area contributed by atoms with E-state index in [0.717, 1.165) is 56.2 Å². The Morgan fingerprint density at radius 1 is 0.538 bits per heavy atom. The molecule has 54 nitrogen and oxygen atoms in total. The third-order valence-corrected chi connectivity index (χ3v) is 22.4. The maximum absolute atomic E-state index is 15.0. The summed E-state index contributed by atoms with van der Waals surface area (Å²) in [6, 6.07) is -22.2. The molecular weight excluding hydrogens is 1740 g/mol. The fourth-order valence-electron chi connectivity index (χ4n) is 15.7. The second-order valence-corrected chi connectivity index (χ2v) is 32.7. The number of nitrogens with one attached hydrogen (secondary N) is 11. The zero-order chi connectivity index (χ0) is 97.5. The molecule has 0 spiro atoms. The van der Waals surface area contributed by atoms with E-state index in [1.807, 2.05) is 0 Å². The molecule has 0 radical (unpaired) electrons. The van der Waals surface area contributed by atoms with Crippen LogP contribution in [0.2, 0.25) is 0 Å². The van der Waals surface area contributed by atoms with Crippen LogP contribution in [0.5, 0.6) is 0 Å². The fraction of sp³-hybridized carbons (Fsp3) is 0.763. The standard InChI is InChI=1S/C76H123N17O37/c1-29(2)49(88-47(104)24-80-34(7)99)65(115)90-51(33(6)125-72-53(84-36(9)101)58(55(108)45(27-96)126-72)128-73-57(110)60(56(109)46(28-97)127-73)130-76(74(123)124)23-43(102)52(83-35(8)100)59(129-76)54(107)44(103)26-95)67(117)87-39(25-94)62(112)81-30(3)68(118)91-19-11-16-41(91)64(114)86-38(22-48(105)106)61(111)89-50(32(5)98)66(116)85-37(14-10-18-79-75(77)78)70(120)92-20-12-15-40(92)63(113)82-31(4)69(119)93-21-13-17-42(93)71(121)122/h29-33,37-46,49-60,72-73,94-98,102-103,107-110H,10-28H2,1-9H3,(H,80,99)(H,81,112)(H,82,113)(H,83,100)(H,84,101)(H,85,116)(H,86,114)(H,87,117)(H,88,104)(H,89,111)(H,90,115)(H,105,106)(H,121,122)(H,123,124)(H4,77,78,79)/t30-,31-,32+,33+,37-,38-,39-,40-,41-,42-,43-,44+,45+,46+,49-,50-,51-,52+,53+,54+,55-,56-,57+,58+,59+,60-,72-,73-,76-/m0/s1. The van der Waals surface area contributed by atoms with E-state index in [1.165, 1.54) is 20.8 Å². The van der Waals surface area contributed by atoms with Crippen molar-refractivity contribution in [1.29, 1.82) is 0 Å². The highest BCUT2D eigenvalue weighted by atomic mass is 16.8. The van der Waals surface area contributed by atoms with Gasteiger partial charge in [-0.15, -0.1) is 0 Å². The number of aliphatic hydroxyl groups is 11. The first-order valence-electron chi connectivity index (χ1n) is 42.0. The van der Waals surface area contributed by atoms with E-state index in [2.05, 4.69) is 63.5 Å². The molecule has 6 rings (SSSR count). The largest absolute Gasteiger partial charge is 0.481 e. The van der Waals surface area contributed by atoms with Crippen LogP contribution in [0.25, 0.3) is 0 Å². The molecule has 0 unspecified atom stereocenters. The third kappa shape index (κ3) is 28.6. The summed E-state index contributed by atoms with van der Waals surface area (Å²) in [6.45, 7) is 4.52. The van der Waals surface area contributed by atoms with Gasteiger partial charge in [0.25, 0.3) is 5.79 Å². The number of aliphatic carboxylic acids is 3. The molecule has 6 aliphatic rings. The van der Waals surface area contributed by atoms with Crippen molar-refractivity contribution in [3.8, 4) is 0 Å². The lowest BCUT2D eigenvalue weighted by atomic mass is 9.88. The van der Waals surface area contributed by atoms with E-state index >= 15 is 0 Å². The fourth-order valence-corrected chi connectivity index (χ4v) is 15.7. The first-order valence-corrected chi connectivity index (χ1v) is 42.0. The Bertz CT molecular complexity index is 4040. The van der Waals surface area contributed by atoms with Crippen LogP contribution in [-0.2, 0) is 110 Å². The molecule has 130 heavy (non-hydrogen) atoms. The second-order valence-electron chi connectivity index (χ2n) is 32.7. The lowest BCUT2D eigenvalue weighted by Gasteiger charge is -2.51. The van der Waals surface area contributed by atoms with Crippen LogP contribution in [0.4, 0.5) is 0 Å². The highest BCUT2D eigenvalue weighted by Gasteiger charge is 2.61. The predicted octanol–water partition coefficient (Wildman–Crippen LogP) is -15.0. The van der Waals surface area contributed by atoms with Crippen LogP contribution in [0.15, 0.2) is 4.99 Å². The zero-order valence-electron chi connectivity index (χ0n) is 72.8. The number of ether oxygens (including phenoxy) is 6. The van der Waals surface area contributed by atoms with Gasteiger partial charge in [0.2, 0.25) is 82.7 Å². The van der Waals surface area contributed by atoms with E-state index in [9.17, 15) is 153 Å². The molecule has 0 aromatic rings. The van der Waals surface area contributed by atoms with Crippen LogP contribution in [0.3, 0.4) is 0 Å². The van der Waals surface area contributed by atoms with Crippen LogP contribution in [0.1, 0.15) is 127 Å². The highest BCUT2D eigenvalue weighted by Crippen LogP contribution is 2.39. The quantitative estimate of drug-likeness (QED) is 0.0153. The van der Waals surface area contributed by atoms with Crippen molar-refractivity contribution in [3.05, 3.63) is 0 Å². The number of aliphatic hydroxyl groups excluding tert-OH is 11. The smallest absolute Gasteiger partial charge is 0.364 e. The Labute approximate surface area is 743 Å². The summed E-state index contributed by atoms with van der Waals surface area (Å²) in [4.78, 5) is 238. The maximum Gasteiger partial charge on any atom is 0.364 e. The zero-order valence-corrected chi connectivity index (χ0v) is 72.8. The number of carbonyl (C=O) groups is 17. The van der Waals surface area contributed by atoms with Crippen molar-refractivity contribution in [3.63, 3.8) is 0 Å². The van der Waals surface area contributed by atoms with E-state index in [1.54, 1.807) is 0 Å². The summed E-state index contributed by atoms with van der Waals surface area (Å²) in [7, 11) is 0. The van der Waals surface area contributed by atoms with Crippen molar-refractivity contribution >= 4 is 107 Å². The van der Waals surface area contributed by atoms with Crippen LogP contribution in [0, 0.1) is 5.92 Å². The number of likely N-dealkylation sites (tertiary alicyclic amines) is 3. The Morgan fingerprint density at radius 2 is 1.04 bits per heavy atom. The number of nitrogens with two attached hydrogens (primary N) is 2. The van der Waals surface area contributed by atoms with Gasteiger partial charge in [-0.2, -0.15) is 0 Å². The second kappa shape index (κ2) is 49.2. The first kappa shape index (κ1) is 108. The summed E-state index contributed by atoms with van der Waals surface area (Å²) in [5.41, 5.74) is 11.0. The van der Waals surface area contributed by atoms with Crippen molar-refractivity contribution < 1.29 is 181 Å². The molecule has 54 heteroatoms. The molecule has 0 bridgehead atoms. The van der Waals surface area contributed by atoms with Gasteiger partial charge in [0.1, 0.15) is 134 Å². The molecule has 6 heterocycles. The molecular formula is C76H123N17O37. The molecule has 0 aliphatic carbocycles. The summed E-state index contributed by atoms with van der Waals surface area (Å²) >= 11 is 0. The number of nitrogens with zero attached hydrogens (tertiary/aromatic N) is 4. The molecule has 0 saturated carbocycles. The van der Waals surface area contributed by atoms with Crippen LogP contribution >= 0.6 is 0 Å². The Morgan fingerprint density at radius 3 is 1.55 bits per heavy atom. The van der Waals surface area contributed by atoms with E-state index in [4.69, 9.17) is 39.9 Å². The van der Waals surface area contributed by atoms with E-state index in [0.29, 0.717) is 6.42 Å². The average Bonchev–Trinajstić information content (AvgIpc) is 1.16. The number of hydrogen-bond donors (Lipinski definition) is 27. The Balaban J connectivity index is 1.22. The normalized spacial score (nSPS) is 28.3. The summed E-state index contributed by atoms with van der Waals surface area (Å²) in [6.07, 6.45) is -34.3. The summed E-state index contributed by atoms with van der Waals surface area (Å²) in [5, 5.41) is 177. The van der Waals surface area contributed by atoms with Gasteiger partial charge >= 0.3 is 17.9 Å². The molecule has 6 fully saturated rings. The van der Waals surface area contributed by atoms with Gasteiger partial charge in [-0.05, 0) is 85.0 Å². The highest BCUT2D eigenvalue weighted by molar-refractivity contribution is 6.00. The molecule has 0 aromatic carbocycles. The van der Waals surface area contributed by atoms with E-state index in [-0.39, 0.29) is 77.1 Å². The predicted molar refractivity (Wildman–Crippen MR) is 433 cm³/mol. The number of amides is 14. The molecule has 14 amide bonds. The number of carboxylic acids is 3. The minimum Gasteiger partial charge on any atom is -0.481 e. The van der Waals surface area contributed by atoms with Gasteiger partial charge < -0.3 is 185 Å². The molecule has 29 N–H and O–H groups in total. The topological polar surface area (TPSA) is 835 Å². The summed E-state index contributed by atoms with van der Waals surface area (Å²) < 4.78 is 35.4. The average molecular weight is 1870 g/mol. The third-order valence-electron chi connectivity index (χ3n) is 22.4. The van der Waals surface area contributed by atoms with Crippen molar-refractivity contribution in [2.45, 2.75) is 303 Å². The Hall–Kier alpha value is -10.4. The van der Waals surface area contributed by atoms with Gasteiger partial charge in [-0.1, -0.05) is 13.8 Å². The van der Waals surface area contributed by atoms with Gasteiger partial charge in [-0.3, -0.25) is 76.9 Å². The van der Waals surface area contributed by atoms with Crippen LogP contribution in [-0.4, -0.2) is 428 Å². The molecule has 734 valence electrons. The molecule has 29 atom stereocenters.